The summed E-state index contributed by atoms with van der Waals surface area (Å²) in [5.74, 6) is 0.523. The lowest BCUT2D eigenvalue weighted by Crippen LogP contribution is -2.14. The Labute approximate surface area is 151 Å². The van der Waals surface area contributed by atoms with Crippen LogP contribution in [0.5, 0.6) is 11.5 Å². The molecule has 0 fully saturated rings. The van der Waals surface area contributed by atoms with Crippen LogP contribution in [-0.4, -0.2) is 20.1 Å². The number of nitrogens with one attached hydrogen (secondary N) is 1. The second-order valence-electron chi connectivity index (χ2n) is 5.20. The highest BCUT2D eigenvalue weighted by molar-refractivity contribution is 6.31. The van der Waals surface area contributed by atoms with Gasteiger partial charge in [0.15, 0.2) is 0 Å². The van der Waals surface area contributed by atoms with E-state index in [-0.39, 0.29) is 5.57 Å². The Morgan fingerprint density at radius 1 is 1.24 bits per heavy atom. The molecule has 1 amide bonds. The van der Waals surface area contributed by atoms with Crippen LogP contribution >= 0.6 is 11.6 Å². The molecule has 0 unspecified atom stereocenters. The smallest absolute Gasteiger partial charge is 0.266 e. The number of carbonyl (C=O) groups is 1. The van der Waals surface area contributed by atoms with E-state index in [4.69, 9.17) is 21.1 Å². The Hall–Kier alpha value is -2.97. The largest absolute Gasteiger partial charge is 0.497 e. The van der Waals surface area contributed by atoms with Gasteiger partial charge in [-0.1, -0.05) is 23.7 Å². The van der Waals surface area contributed by atoms with Crippen LogP contribution in [0.3, 0.4) is 0 Å². The summed E-state index contributed by atoms with van der Waals surface area (Å²) in [6.07, 6.45) is 1.49. The van der Waals surface area contributed by atoms with Gasteiger partial charge in [0.05, 0.1) is 19.9 Å². The lowest BCUT2D eigenvalue weighted by atomic mass is 10.1. The van der Waals surface area contributed by atoms with Crippen molar-refractivity contribution in [3.63, 3.8) is 0 Å². The van der Waals surface area contributed by atoms with E-state index in [1.165, 1.54) is 13.2 Å². The second-order valence-corrected chi connectivity index (χ2v) is 5.61. The maximum Gasteiger partial charge on any atom is 0.266 e. The molecule has 0 aromatic heterocycles. The minimum Gasteiger partial charge on any atom is -0.497 e. The zero-order valence-corrected chi connectivity index (χ0v) is 14.8. The van der Waals surface area contributed by atoms with Gasteiger partial charge in [0.1, 0.15) is 23.1 Å². The van der Waals surface area contributed by atoms with E-state index in [9.17, 15) is 10.1 Å². The topological polar surface area (TPSA) is 71.3 Å². The van der Waals surface area contributed by atoms with Gasteiger partial charge in [0.2, 0.25) is 0 Å². The highest BCUT2D eigenvalue weighted by Crippen LogP contribution is 2.31. The molecule has 0 aliphatic carbocycles. The third-order valence-electron chi connectivity index (χ3n) is 3.50. The predicted molar refractivity (Wildman–Crippen MR) is 98.0 cm³/mol. The van der Waals surface area contributed by atoms with E-state index in [2.05, 4.69) is 5.32 Å². The molecule has 0 spiro atoms. The van der Waals surface area contributed by atoms with Gasteiger partial charge in [-0.05, 0) is 42.3 Å². The van der Waals surface area contributed by atoms with Crippen molar-refractivity contribution in [2.75, 3.05) is 19.5 Å². The number of aryl methyl sites for hydroxylation is 1. The highest BCUT2D eigenvalue weighted by Gasteiger charge is 2.14. The Morgan fingerprint density at radius 3 is 2.64 bits per heavy atom. The maximum atomic E-state index is 12.4. The monoisotopic (exact) mass is 356 g/mol. The highest BCUT2D eigenvalue weighted by atomic mass is 35.5. The van der Waals surface area contributed by atoms with Crippen LogP contribution in [0.25, 0.3) is 6.08 Å². The lowest BCUT2D eigenvalue weighted by Gasteiger charge is -2.12. The molecule has 0 aliphatic rings. The Bertz CT molecular complexity index is 869. The lowest BCUT2D eigenvalue weighted by molar-refractivity contribution is -0.112. The molecule has 1 N–H and O–H groups in total. The number of halogens is 1. The van der Waals surface area contributed by atoms with E-state index in [1.54, 1.807) is 43.5 Å². The van der Waals surface area contributed by atoms with Crippen LogP contribution in [0.1, 0.15) is 11.1 Å². The number of hydrogen-bond acceptors (Lipinski definition) is 4. The number of rotatable bonds is 5. The number of amides is 1. The van der Waals surface area contributed by atoms with Crippen molar-refractivity contribution in [3.05, 3.63) is 58.1 Å². The fraction of sp³-hybridized carbons (Fsp3) is 0.158. The number of benzene rings is 2. The zero-order chi connectivity index (χ0) is 18.4. The normalized spacial score (nSPS) is 10.8. The average Bonchev–Trinajstić information content (AvgIpc) is 2.62. The molecule has 25 heavy (non-hydrogen) atoms. The third-order valence-corrected chi connectivity index (χ3v) is 3.91. The SMILES string of the molecule is COc1cccc(/C=C(\C#N)C(=O)Nc2cc(C)c(Cl)cc2OC)c1. The van der Waals surface area contributed by atoms with Crippen molar-refractivity contribution in [2.45, 2.75) is 6.92 Å². The van der Waals surface area contributed by atoms with Crippen molar-refractivity contribution < 1.29 is 14.3 Å². The Morgan fingerprint density at radius 2 is 2.00 bits per heavy atom. The molecular weight excluding hydrogens is 340 g/mol. The Kier molecular flexibility index (Phi) is 6.04. The minimum absolute atomic E-state index is 0.0390. The molecule has 0 heterocycles. The first-order chi connectivity index (χ1) is 12.0. The van der Waals surface area contributed by atoms with Crippen LogP contribution in [0.15, 0.2) is 42.0 Å². The number of hydrogen-bond donors (Lipinski definition) is 1. The second kappa shape index (κ2) is 8.22. The number of ether oxygens (including phenoxy) is 2. The molecular formula is C19H17ClN2O3. The van der Waals surface area contributed by atoms with Crippen molar-refractivity contribution in [1.29, 1.82) is 5.26 Å². The summed E-state index contributed by atoms with van der Waals surface area (Å²) in [7, 11) is 3.03. The van der Waals surface area contributed by atoms with Crippen LogP contribution < -0.4 is 14.8 Å². The number of nitriles is 1. The van der Waals surface area contributed by atoms with Crippen LogP contribution in [0.2, 0.25) is 5.02 Å². The van der Waals surface area contributed by atoms with Crippen LogP contribution in [0, 0.1) is 18.3 Å². The summed E-state index contributed by atoms with van der Waals surface area (Å²) in [6.45, 7) is 1.81. The van der Waals surface area contributed by atoms with E-state index < -0.39 is 5.91 Å². The summed E-state index contributed by atoms with van der Waals surface area (Å²) < 4.78 is 10.4. The van der Waals surface area contributed by atoms with Gasteiger partial charge in [-0.15, -0.1) is 0 Å². The molecule has 2 aromatic rings. The summed E-state index contributed by atoms with van der Waals surface area (Å²) in [6, 6.07) is 12.3. The van der Waals surface area contributed by atoms with Crippen molar-refractivity contribution in [2.24, 2.45) is 0 Å². The third kappa shape index (κ3) is 4.52. The van der Waals surface area contributed by atoms with Crippen molar-refractivity contribution >= 4 is 29.3 Å². The first-order valence-electron chi connectivity index (χ1n) is 7.39. The molecule has 5 nitrogen and oxygen atoms in total. The van der Waals surface area contributed by atoms with Gasteiger partial charge < -0.3 is 14.8 Å². The molecule has 0 radical (unpaired) electrons. The molecule has 0 bridgehead atoms. The molecule has 2 aromatic carbocycles. The van der Waals surface area contributed by atoms with Crippen molar-refractivity contribution in [1.82, 2.24) is 0 Å². The summed E-state index contributed by atoms with van der Waals surface area (Å²) >= 11 is 6.06. The van der Waals surface area contributed by atoms with Gasteiger partial charge in [-0.2, -0.15) is 5.26 Å². The minimum atomic E-state index is -0.537. The first-order valence-corrected chi connectivity index (χ1v) is 7.77. The predicted octanol–water partition coefficient (Wildman–Crippen LogP) is 4.21. The number of carbonyl (C=O) groups excluding carboxylic acids is 1. The van der Waals surface area contributed by atoms with Gasteiger partial charge in [-0.3, -0.25) is 4.79 Å². The van der Waals surface area contributed by atoms with Gasteiger partial charge in [0, 0.05) is 11.1 Å². The van der Waals surface area contributed by atoms with Crippen LogP contribution in [0.4, 0.5) is 5.69 Å². The number of nitrogens with zero attached hydrogens (tertiary/aromatic N) is 1. The molecule has 0 atom stereocenters. The van der Waals surface area contributed by atoms with E-state index in [1.807, 2.05) is 13.0 Å². The standard InChI is InChI=1S/C19H17ClN2O3/c1-12-7-17(18(25-3)10-16(12)20)22-19(23)14(11-21)8-13-5-4-6-15(9-13)24-2/h4-10H,1-3H3,(H,22,23)/b14-8+. The molecule has 0 saturated heterocycles. The quantitative estimate of drug-likeness (QED) is 0.643. The molecule has 128 valence electrons. The van der Waals surface area contributed by atoms with Crippen LogP contribution in [-0.2, 0) is 4.79 Å². The molecule has 0 aliphatic heterocycles. The average molecular weight is 357 g/mol. The van der Waals surface area contributed by atoms with E-state index in [0.717, 1.165) is 5.56 Å². The number of anilines is 1. The van der Waals surface area contributed by atoms with E-state index in [0.29, 0.717) is 27.8 Å². The van der Waals surface area contributed by atoms with Crippen molar-refractivity contribution in [3.8, 4) is 17.6 Å². The maximum absolute atomic E-state index is 12.4. The summed E-state index contributed by atoms with van der Waals surface area (Å²) in [4.78, 5) is 12.4. The molecule has 0 saturated carbocycles. The van der Waals surface area contributed by atoms with Gasteiger partial charge >= 0.3 is 0 Å². The van der Waals surface area contributed by atoms with Gasteiger partial charge in [0.25, 0.3) is 5.91 Å². The van der Waals surface area contributed by atoms with E-state index >= 15 is 0 Å². The molecule has 6 heteroatoms. The zero-order valence-electron chi connectivity index (χ0n) is 14.1. The fourth-order valence-electron chi connectivity index (χ4n) is 2.17. The number of methoxy groups -OCH3 is 2. The molecule has 2 rings (SSSR count). The summed E-state index contributed by atoms with van der Waals surface area (Å²) in [5.41, 5.74) is 1.88. The Balaban J connectivity index is 2.30. The first kappa shape index (κ1) is 18.4. The summed E-state index contributed by atoms with van der Waals surface area (Å²) in [5, 5.41) is 12.5. The fourth-order valence-corrected chi connectivity index (χ4v) is 2.32. The van der Waals surface area contributed by atoms with Gasteiger partial charge in [-0.25, -0.2) is 0 Å².